The zero-order valence-corrected chi connectivity index (χ0v) is 24.7. The number of rotatable bonds is 4. The molecule has 0 aliphatic rings. The Morgan fingerprint density at radius 2 is 1.24 bits per heavy atom. The van der Waals surface area contributed by atoms with Crippen LogP contribution in [0.3, 0.4) is 0 Å². The second-order valence-electron chi connectivity index (χ2n) is 10.4. The third kappa shape index (κ3) is 3.71. The predicted octanol–water partition coefficient (Wildman–Crippen LogP) is 12.1. The van der Waals surface area contributed by atoms with Gasteiger partial charge in [-0.3, -0.25) is 0 Å². The van der Waals surface area contributed by atoms with Crippen LogP contribution in [0.1, 0.15) is 0 Å². The third-order valence-electron chi connectivity index (χ3n) is 7.92. The average molecular weight is 591 g/mol. The van der Waals surface area contributed by atoms with Crippen molar-refractivity contribution in [3.8, 4) is 21.7 Å². The van der Waals surface area contributed by atoms with E-state index in [1.165, 1.54) is 56.2 Å². The van der Waals surface area contributed by atoms with Crippen molar-refractivity contribution in [3.05, 3.63) is 127 Å². The maximum Gasteiger partial charge on any atom is 0.124 e. The fraction of sp³-hybridized carbons (Fsp3) is 0. The molecule has 5 heteroatoms. The summed E-state index contributed by atoms with van der Waals surface area (Å²) in [6.45, 7) is 0. The number of hydrogen-bond donors (Lipinski definition) is 1. The standard InChI is InChI=1S/C37H22N2S3/c1-3-10-22(11-4-1)37-39-29-20-21-31-32(36(29)42-37)28-19-18-25(33(35(28)41-31)38-23-12-5-2-6-13-23)27-16-9-15-26-24-14-7-8-17-30(24)40-34(26)27/h1-21,38H. The molecule has 2 nitrogen and oxygen atoms in total. The van der Waals surface area contributed by atoms with E-state index in [1.54, 1.807) is 11.3 Å². The first-order chi connectivity index (χ1) is 20.8. The van der Waals surface area contributed by atoms with Crippen LogP contribution in [0, 0.1) is 0 Å². The van der Waals surface area contributed by atoms with Gasteiger partial charge in [-0.05, 0) is 30.3 Å². The van der Waals surface area contributed by atoms with Gasteiger partial charge >= 0.3 is 0 Å². The van der Waals surface area contributed by atoms with Gasteiger partial charge in [0.15, 0.2) is 0 Å². The van der Waals surface area contributed by atoms with Crippen molar-refractivity contribution in [2.75, 3.05) is 5.32 Å². The summed E-state index contributed by atoms with van der Waals surface area (Å²) in [4.78, 5) is 5.04. The number of thiazole rings is 1. The highest BCUT2D eigenvalue weighted by Gasteiger charge is 2.20. The zero-order valence-electron chi connectivity index (χ0n) is 22.3. The number of para-hydroxylation sites is 1. The highest BCUT2D eigenvalue weighted by molar-refractivity contribution is 7.28. The molecule has 3 aromatic heterocycles. The second kappa shape index (κ2) is 9.50. The molecule has 0 aliphatic carbocycles. The Hall–Kier alpha value is -4.55. The topological polar surface area (TPSA) is 24.9 Å². The molecular weight excluding hydrogens is 569 g/mol. The predicted molar refractivity (Wildman–Crippen MR) is 186 cm³/mol. The Morgan fingerprint density at radius 1 is 0.476 bits per heavy atom. The van der Waals surface area contributed by atoms with Crippen molar-refractivity contribution in [1.29, 1.82) is 0 Å². The summed E-state index contributed by atoms with van der Waals surface area (Å²) >= 11 is 5.54. The van der Waals surface area contributed by atoms with Crippen LogP contribution in [0.2, 0.25) is 0 Å². The molecular formula is C37H22N2S3. The number of aromatic nitrogens is 1. The lowest BCUT2D eigenvalue weighted by Gasteiger charge is -2.15. The van der Waals surface area contributed by atoms with E-state index in [1.807, 2.05) is 22.7 Å². The molecule has 0 amide bonds. The van der Waals surface area contributed by atoms with Crippen LogP contribution in [-0.2, 0) is 0 Å². The summed E-state index contributed by atoms with van der Waals surface area (Å²) in [6, 6.07) is 45.6. The van der Waals surface area contributed by atoms with Crippen molar-refractivity contribution in [3.63, 3.8) is 0 Å². The van der Waals surface area contributed by atoms with Crippen molar-refractivity contribution in [1.82, 2.24) is 4.98 Å². The summed E-state index contributed by atoms with van der Waals surface area (Å²) in [5.41, 5.74) is 6.95. The van der Waals surface area contributed by atoms with Crippen molar-refractivity contribution < 1.29 is 0 Å². The Kier molecular flexibility index (Phi) is 5.45. The Morgan fingerprint density at radius 3 is 2.12 bits per heavy atom. The molecule has 0 bridgehead atoms. The van der Waals surface area contributed by atoms with E-state index in [0.717, 1.165) is 27.5 Å². The van der Waals surface area contributed by atoms with E-state index < -0.39 is 0 Å². The van der Waals surface area contributed by atoms with Gasteiger partial charge in [-0.15, -0.1) is 34.0 Å². The number of anilines is 2. The minimum atomic E-state index is 1.06. The van der Waals surface area contributed by atoms with E-state index in [4.69, 9.17) is 4.98 Å². The van der Waals surface area contributed by atoms with Crippen molar-refractivity contribution in [2.24, 2.45) is 0 Å². The molecule has 0 saturated heterocycles. The minimum Gasteiger partial charge on any atom is -0.354 e. The lowest BCUT2D eigenvalue weighted by Crippen LogP contribution is -1.94. The molecule has 1 N–H and O–H groups in total. The minimum absolute atomic E-state index is 1.06. The Balaban J connectivity index is 1.34. The summed E-state index contributed by atoms with van der Waals surface area (Å²) in [7, 11) is 0. The molecule has 9 aromatic rings. The van der Waals surface area contributed by atoms with E-state index in [0.29, 0.717) is 0 Å². The number of fused-ring (bicyclic) bond motifs is 8. The number of thiophene rings is 2. The maximum atomic E-state index is 5.04. The monoisotopic (exact) mass is 590 g/mol. The Bertz CT molecular complexity index is 2430. The first-order valence-corrected chi connectivity index (χ1v) is 16.3. The SMILES string of the molecule is c1ccc(Nc2c(-c3cccc4c3sc3ccccc34)ccc3c2sc2ccc4nc(-c5ccccc5)sc4c23)cc1. The third-order valence-corrected chi connectivity index (χ3v) is 11.5. The van der Waals surface area contributed by atoms with E-state index in [9.17, 15) is 0 Å². The second-order valence-corrected chi connectivity index (χ2v) is 13.5. The van der Waals surface area contributed by atoms with E-state index >= 15 is 0 Å². The molecule has 0 spiro atoms. The van der Waals surface area contributed by atoms with Gasteiger partial charge in [0.25, 0.3) is 0 Å². The van der Waals surface area contributed by atoms with Crippen LogP contribution in [0.25, 0.3) is 72.3 Å². The number of hydrogen-bond acceptors (Lipinski definition) is 5. The molecule has 0 radical (unpaired) electrons. The van der Waals surface area contributed by atoms with Crippen LogP contribution in [0.15, 0.2) is 127 Å². The molecule has 198 valence electrons. The van der Waals surface area contributed by atoms with Crippen LogP contribution in [0.4, 0.5) is 11.4 Å². The molecule has 0 saturated carbocycles. The molecule has 9 rings (SSSR count). The van der Waals surface area contributed by atoms with Gasteiger partial charge in [0.1, 0.15) is 5.01 Å². The quantitative estimate of drug-likeness (QED) is 0.220. The summed E-state index contributed by atoms with van der Waals surface area (Å²) in [5.74, 6) is 0. The summed E-state index contributed by atoms with van der Waals surface area (Å²) < 4.78 is 6.46. The molecule has 0 fully saturated rings. The number of nitrogens with zero attached hydrogens (tertiary/aromatic N) is 1. The Labute approximate surface area is 254 Å². The molecule has 0 unspecified atom stereocenters. The highest BCUT2D eigenvalue weighted by Crippen LogP contribution is 2.49. The molecule has 6 aromatic carbocycles. The van der Waals surface area contributed by atoms with Crippen molar-refractivity contribution in [2.45, 2.75) is 0 Å². The molecule has 42 heavy (non-hydrogen) atoms. The largest absolute Gasteiger partial charge is 0.354 e. The van der Waals surface area contributed by atoms with Gasteiger partial charge in [-0.25, -0.2) is 4.98 Å². The van der Waals surface area contributed by atoms with Gasteiger partial charge in [-0.1, -0.05) is 97.1 Å². The maximum absolute atomic E-state index is 5.04. The lowest BCUT2D eigenvalue weighted by atomic mass is 9.99. The van der Waals surface area contributed by atoms with E-state index in [2.05, 4.69) is 133 Å². The smallest absolute Gasteiger partial charge is 0.124 e. The fourth-order valence-corrected chi connectivity index (χ4v) is 9.63. The highest BCUT2D eigenvalue weighted by atomic mass is 32.1. The molecule has 0 aliphatic heterocycles. The van der Waals surface area contributed by atoms with Crippen LogP contribution >= 0.6 is 34.0 Å². The summed E-state index contributed by atoms with van der Waals surface area (Å²) in [6.07, 6.45) is 0. The van der Waals surface area contributed by atoms with Crippen LogP contribution in [-0.4, -0.2) is 4.98 Å². The fourth-order valence-electron chi connectivity index (χ4n) is 5.99. The normalized spacial score (nSPS) is 11.8. The van der Waals surface area contributed by atoms with Gasteiger partial charge in [0.05, 0.1) is 20.6 Å². The molecule has 3 heterocycles. The van der Waals surface area contributed by atoms with Gasteiger partial charge in [0, 0.05) is 58.0 Å². The van der Waals surface area contributed by atoms with Gasteiger partial charge in [0.2, 0.25) is 0 Å². The van der Waals surface area contributed by atoms with E-state index in [-0.39, 0.29) is 0 Å². The number of benzene rings is 6. The van der Waals surface area contributed by atoms with Crippen LogP contribution in [0.5, 0.6) is 0 Å². The van der Waals surface area contributed by atoms with Gasteiger partial charge in [-0.2, -0.15) is 0 Å². The summed E-state index contributed by atoms with van der Waals surface area (Å²) in [5, 5.41) is 10.1. The molecule has 0 atom stereocenters. The first kappa shape index (κ1) is 24.1. The van der Waals surface area contributed by atoms with Gasteiger partial charge < -0.3 is 5.32 Å². The van der Waals surface area contributed by atoms with Crippen molar-refractivity contribution >= 4 is 95.9 Å². The number of nitrogens with one attached hydrogen (secondary N) is 1. The zero-order chi connectivity index (χ0) is 27.6. The van der Waals surface area contributed by atoms with Crippen LogP contribution < -0.4 is 5.32 Å². The first-order valence-electron chi connectivity index (χ1n) is 13.9. The lowest BCUT2D eigenvalue weighted by molar-refractivity contribution is 1.48. The average Bonchev–Trinajstić information content (AvgIpc) is 3.75.